The summed E-state index contributed by atoms with van der Waals surface area (Å²) >= 11 is 5.03. The van der Waals surface area contributed by atoms with Crippen molar-refractivity contribution in [2.75, 3.05) is 27.4 Å². The Morgan fingerprint density at radius 3 is 2.00 bits per heavy atom. The highest BCUT2D eigenvalue weighted by atomic mass is 32.5. The largest absolute Gasteiger partial charge is 0.388 e. The molecule has 0 radical (unpaired) electrons. The van der Waals surface area contributed by atoms with Gasteiger partial charge in [0.25, 0.3) is 0 Å². The summed E-state index contributed by atoms with van der Waals surface area (Å²) in [7, 11) is 2.95. The first-order valence-corrected chi connectivity index (χ1v) is 10.6. The molecular formula is C14H27O9PS. The molecule has 2 heterocycles. The van der Waals surface area contributed by atoms with Crippen LogP contribution < -0.4 is 0 Å². The van der Waals surface area contributed by atoms with Crippen molar-refractivity contribution in [3.05, 3.63) is 0 Å². The summed E-state index contributed by atoms with van der Waals surface area (Å²) < 4.78 is 32.2. The lowest BCUT2D eigenvalue weighted by Gasteiger charge is -2.26. The van der Waals surface area contributed by atoms with Gasteiger partial charge < -0.3 is 38.6 Å². The summed E-state index contributed by atoms with van der Waals surface area (Å²) in [5, 5.41) is 20.1. The quantitative estimate of drug-likeness (QED) is 0.462. The summed E-state index contributed by atoms with van der Waals surface area (Å²) in [6.07, 6.45) is -5.27. The van der Waals surface area contributed by atoms with Gasteiger partial charge in [0.2, 0.25) is 0 Å². The van der Waals surface area contributed by atoms with Crippen LogP contribution in [0.1, 0.15) is 13.8 Å². The van der Waals surface area contributed by atoms with Crippen molar-refractivity contribution < 1.29 is 43.1 Å². The molecule has 0 aromatic carbocycles. The maximum absolute atomic E-state index is 10.3. The Morgan fingerprint density at radius 1 is 0.960 bits per heavy atom. The van der Waals surface area contributed by atoms with Crippen molar-refractivity contribution in [2.24, 2.45) is 0 Å². The minimum absolute atomic E-state index is 0.109. The van der Waals surface area contributed by atoms with E-state index in [4.69, 9.17) is 39.8 Å². The second kappa shape index (κ2) is 8.99. The summed E-state index contributed by atoms with van der Waals surface area (Å²) in [5.41, 5.74) is 0. The second-order valence-electron chi connectivity index (χ2n) is 6.23. The van der Waals surface area contributed by atoms with Gasteiger partial charge in [0.15, 0.2) is 0 Å². The number of rotatable bonds is 8. The van der Waals surface area contributed by atoms with E-state index in [1.165, 1.54) is 14.2 Å². The smallest absolute Gasteiger partial charge is 0.325 e. The van der Waals surface area contributed by atoms with Crippen LogP contribution in [-0.4, -0.2) is 91.4 Å². The molecule has 0 aliphatic carbocycles. The van der Waals surface area contributed by atoms with Crippen LogP contribution in [0.15, 0.2) is 0 Å². The highest BCUT2D eigenvalue weighted by Crippen LogP contribution is 2.48. The van der Waals surface area contributed by atoms with E-state index in [1.807, 2.05) is 0 Å². The van der Waals surface area contributed by atoms with E-state index in [1.54, 1.807) is 13.8 Å². The van der Waals surface area contributed by atoms with Gasteiger partial charge in [0.05, 0.1) is 25.4 Å². The zero-order valence-corrected chi connectivity index (χ0v) is 16.4. The van der Waals surface area contributed by atoms with Crippen LogP contribution in [0.4, 0.5) is 0 Å². The number of methoxy groups -OCH3 is 2. The Morgan fingerprint density at radius 2 is 1.48 bits per heavy atom. The third-order valence-electron chi connectivity index (χ3n) is 4.41. The van der Waals surface area contributed by atoms with E-state index in [-0.39, 0.29) is 13.2 Å². The minimum atomic E-state index is -3.67. The summed E-state index contributed by atoms with van der Waals surface area (Å²) in [6, 6.07) is 0. The Bertz CT molecular complexity index is 481. The van der Waals surface area contributed by atoms with Crippen molar-refractivity contribution in [1.29, 1.82) is 0 Å². The first kappa shape index (κ1) is 21.6. The predicted octanol–water partition coefficient (Wildman–Crippen LogP) is -0.437. The van der Waals surface area contributed by atoms with Crippen LogP contribution in [0.25, 0.3) is 0 Å². The molecule has 0 aromatic heterocycles. The fraction of sp³-hybridized carbons (Fsp3) is 1.00. The molecule has 3 unspecified atom stereocenters. The molecule has 0 bridgehead atoms. The molecule has 2 aliphatic rings. The van der Waals surface area contributed by atoms with Gasteiger partial charge in [-0.15, -0.1) is 0 Å². The van der Waals surface area contributed by atoms with Crippen molar-refractivity contribution in [3.8, 4) is 0 Å². The SMILES string of the molecule is COC[C@H]1O[C@@H](C)C(O)[C@H]1OP(O)(=S)OC[C@H]1O[C@@H](C)C(O)[C@H]1OC. The lowest BCUT2D eigenvalue weighted by Crippen LogP contribution is -2.37. The Balaban J connectivity index is 1.94. The fourth-order valence-electron chi connectivity index (χ4n) is 3.05. The first-order valence-electron chi connectivity index (χ1n) is 8.04. The Labute approximate surface area is 152 Å². The molecule has 0 amide bonds. The second-order valence-corrected chi connectivity index (χ2v) is 9.02. The number of hydrogen-bond acceptors (Lipinski definition) is 9. The van der Waals surface area contributed by atoms with Gasteiger partial charge >= 0.3 is 6.72 Å². The maximum Gasteiger partial charge on any atom is 0.325 e. The number of hydrogen-bond donors (Lipinski definition) is 3. The Kier molecular flexibility index (Phi) is 7.76. The highest BCUT2D eigenvalue weighted by molar-refractivity contribution is 8.07. The van der Waals surface area contributed by atoms with Gasteiger partial charge in [-0.3, -0.25) is 4.52 Å². The van der Waals surface area contributed by atoms with Gasteiger partial charge in [-0.1, -0.05) is 0 Å². The molecule has 0 aromatic rings. The molecule has 9 atom stereocenters. The molecule has 2 rings (SSSR count). The van der Waals surface area contributed by atoms with Crippen LogP contribution in [0.3, 0.4) is 0 Å². The average molecular weight is 402 g/mol. The van der Waals surface area contributed by atoms with Crippen molar-refractivity contribution in [1.82, 2.24) is 0 Å². The molecule has 0 spiro atoms. The maximum atomic E-state index is 10.3. The van der Waals surface area contributed by atoms with Crippen LogP contribution in [0.5, 0.6) is 0 Å². The molecule has 2 aliphatic heterocycles. The van der Waals surface area contributed by atoms with Gasteiger partial charge in [-0.25, -0.2) is 0 Å². The van der Waals surface area contributed by atoms with Crippen molar-refractivity contribution in [3.63, 3.8) is 0 Å². The van der Waals surface area contributed by atoms with Crippen LogP contribution in [0, 0.1) is 0 Å². The molecule has 2 saturated heterocycles. The van der Waals surface area contributed by atoms with Gasteiger partial charge in [-0.2, -0.15) is 0 Å². The summed E-state index contributed by atoms with van der Waals surface area (Å²) in [5.74, 6) is 0. The topological polar surface area (TPSA) is 116 Å². The van der Waals surface area contributed by atoms with Crippen LogP contribution in [0.2, 0.25) is 0 Å². The molecule has 0 saturated carbocycles. The lowest BCUT2D eigenvalue weighted by atomic mass is 10.1. The number of ether oxygens (including phenoxy) is 4. The monoisotopic (exact) mass is 402 g/mol. The van der Waals surface area contributed by atoms with Crippen LogP contribution >= 0.6 is 6.72 Å². The minimum Gasteiger partial charge on any atom is -0.388 e. The number of aliphatic hydroxyl groups is 2. The molecule has 11 heteroatoms. The fourth-order valence-corrected chi connectivity index (χ4v) is 4.49. The van der Waals surface area contributed by atoms with Gasteiger partial charge in [0.1, 0.15) is 36.6 Å². The van der Waals surface area contributed by atoms with Crippen molar-refractivity contribution in [2.45, 2.75) is 62.7 Å². The number of aliphatic hydroxyl groups excluding tert-OH is 2. The zero-order chi connectivity index (χ0) is 18.8. The van der Waals surface area contributed by atoms with Gasteiger partial charge in [-0.05, 0) is 25.7 Å². The summed E-state index contributed by atoms with van der Waals surface area (Å²) in [4.78, 5) is 10.3. The molecule has 25 heavy (non-hydrogen) atoms. The predicted molar refractivity (Wildman–Crippen MR) is 90.7 cm³/mol. The third kappa shape index (κ3) is 5.18. The van der Waals surface area contributed by atoms with E-state index in [9.17, 15) is 15.1 Å². The zero-order valence-electron chi connectivity index (χ0n) is 14.7. The third-order valence-corrected chi connectivity index (χ3v) is 5.97. The van der Waals surface area contributed by atoms with E-state index >= 15 is 0 Å². The Hall–Kier alpha value is 0.290. The highest BCUT2D eigenvalue weighted by Gasteiger charge is 2.46. The van der Waals surface area contributed by atoms with E-state index < -0.39 is 55.6 Å². The lowest BCUT2D eigenvalue weighted by molar-refractivity contribution is -0.0423. The van der Waals surface area contributed by atoms with Crippen molar-refractivity contribution >= 4 is 18.5 Å². The van der Waals surface area contributed by atoms with E-state index in [2.05, 4.69) is 0 Å². The van der Waals surface area contributed by atoms with Crippen LogP contribution in [-0.2, 0) is 39.8 Å². The van der Waals surface area contributed by atoms with E-state index in [0.717, 1.165) is 0 Å². The van der Waals surface area contributed by atoms with E-state index in [0.29, 0.717) is 0 Å². The molecule has 148 valence electrons. The average Bonchev–Trinajstić information content (AvgIpc) is 2.97. The molecule has 9 nitrogen and oxygen atoms in total. The summed E-state index contributed by atoms with van der Waals surface area (Å²) in [6.45, 7) is -0.196. The standard InChI is InChI=1S/C14H27O9PS/c1-7-11(15)13(19-4)10(22-7)6-20-24(17,25)23-14-9(5-18-3)21-8(2)12(14)16/h7-16H,5-6H2,1-4H3,(H,17,25)/t7-,8-,9+,10+,11?,12?,13-,14-,24?/m0/s1. The molecular weight excluding hydrogens is 375 g/mol. The first-order chi connectivity index (χ1) is 11.7. The molecule has 2 fully saturated rings. The normalized spacial score (nSPS) is 44.1. The molecule has 3 N–H and O–H groups in total. The van der Waals surface area contributed by atoms with Gasteiger partial charge in [0, 0.05) is 14.2 Å².